The molecule has 5 rings (SSSR count). The number of anilines is 1. The highest BCUT2D eigenvalue weighted by Gasteiger charge is 2.51. The molecule has 3 saturated heterocycles. The number of hydrogen-bond donors (Lipinski definition) is 5. The van der Waals surface area contributed by atoms with Crippen molar-refractivity contribution in [2.45, 2.75) is 31.0 Å². The van der Waals surface area contributed by atoms with Crippen molar-refractivity contribution in [2.24, 2.45) is 5.41 Å². The van der Waals surface area contributed by atoms with Gasteiger partial charge >= 0.3 is 7.60 Å². The van der Waals surface area contributed by atoms with E-state index in [1.165, 1.54) is 10.9 Å². The summed E-state index contributed by atoms with van der Waals surface area (Å²) in [5.41, 5.74) is 1.01. The van der Waals surface area contributed by atoms with Crippen LogP contribution in [0.1, 0.15) is 12.6 Å². The van der Waals surface area contributed by atoms with Gasteiger partial charge in [0.1, 0.15) is 18.1 Å². The summed E-state index contributed by atoms with van der Waals surface area (Å²) >= 11 is 6.20. The monoisotopic (exact) mass is 552 g/mol. The fourth-order valence-electron chi connectivity index (χ4n) is 5.38. The van der Waals surface area contributed by atoms with Gasteiger partial charge in [0.15, 0.2) is 23.2 Å². The predicted molar refractivity (Wildman–Crippen MR) is 125 cm³/mol. The van der Waals surface area contributed by atoms with E-state index in [9.17, 15) is 24.2 Å². The summed E-state index contributed by atoms with van der Waals surface area (Å²) in [6, 6.07) is 0. The third-order valence-electron chi connectivity index (χ3n) is 6.72. The maximum Gasteiger partial charge on any atom is 0.335 e. The fourth-order valence-corrected chi connectivity index (χ4v) is 9.07. The quantitative estimate of drug-likeness (QED) is 0.221. The van der Waals surface area contributed by atoms with Gasteiger partial charge in [0.05, 0.1) is 12.4 Å². The second kappa shape index (κ2) is 8.70. The van der Waals surface area contributed by atoms with E-state index in [4.69, 9.17) is 26.1 Å². The maximum atomic E-state index is 12.1. The van der Waals surface area contributed by atoms with E-state index in [0.29, 0.717) is 17.0 Å². The topological polar surface area (TPSA) is 195 Å². The van der Waals surface area contributed by atoms with E-state index >= 15 is 0 Å². The molecule has 3 fully saturated rings. The van der Waals surface area contributed by atoms with Crippen molar-refractivity contribution in [1.82, 2.24) is 24.4 Å². The average Bonchev–Trinajstić information content (AvgIpc) is 3.21. The summed E-state index contributed by atoms with van der Waals surface area (Å²) in [4.78, 5) is 45.2. The van der Waals surface area contributed by atoms with Gasteiger partial charge in [-0.25, -0.2) is 4.98 Å². The summed E-state index contributed by atoms with van der Waals surface area (Å²) in [5.74, 6) is -0.588. The Hall–Kier alpha value is -1.18. The molecule has 5 atom stereocenters. The summed E-state index contributed by atoms with van der Waals surface area (Å²) < 4.78 is 30.4. The molecule has 0 aromatic carbocycles. The molecule has 1 spiro atoms. The summed E-state index contributed by atoms with van der Waals surface area (Å²) in [6.07, 6.45) is -4.26. The van der Waals surface area contributed by atoms with Crippen molar-refractivity contribution in [2.75, 3.05) is 50.2 Å². The van der Waals surface area contributed by atoms with E-state index in [0.717, 1.165) is 26.2 Å². The van der Waals surface area contributed by atoms with Crippen LogP contribution >= 0.6 is 26.6 Å². The molecule has 3 aliphatic rings. The second-order valence-corrected chi connectivity index (χ2v) is 14.8. The molecule has 2 aromatic heterocycles. The van der Waals surface area contributed by atoms with Gasteiger partial charge in [0.25, 0.3) is 0 Å². The van der Waals surface area contributed by atoms with E-state index in [-0.39, 0.29) is 17.1 Å². The average molecular weight is 553 g/mol. The van der Waals surface area contributed by atoms with Crippen LogP contribution in [-0.2, 0) is 13.9 Å². The number of aromatic nitrogens is 4. The number of aliphatic hydroxyl groups is 2. The van der Waals surface area contributed by atoms with Crippen LogP contribution in [0.4, 0.5) is 5.82 Å². The fraction of sp³-hybridized carbons (Fsp3) is 0.722. The highest BCUT2D eigenvalue weighted by molar-refractivity contribution is 7.72. The van der Waals surface area contributed by atoms with Crippen molar-refractivity contribution in [3.63, 3.8) is 0 Å². The van der Waals surface area contributed by atoms with Gasteiger partial charge in [-0.15, -0.1) is 0 Å². The minimum Gasteiger partial charge on any atom is -0.388 e. The number of likely N-dealkylation sites (tertiary alicyclic amines) is 1. The standard InChI is InChI=1S/C18H27ClN6O8P2/c1-23-4-18(5-23)6-24(7-18)14-11-15(22-17(19)21-14)25(8-20-11)16-13(27)12(26)10(33-16)2-3-34(28,29)9-35(30,31)32/h8,10,12-13,16,26-27H,2-7,9H2,1H3,(H,28,29)(H2,30,31,32)/t10-,12?,13+,16-/m1/s1. The van der Waals surface area contributed by atoms with Crippen molar-refractivity contribution in [1.29, 1.82) is 0 Å². The highest BCUT2D eigenvalue weighted by Crippen LogP contribution is 2.55. The molecular weight excluding hydrogens is 526 g/mol. The van der Waals surface area contributed by atoms with Crippen LogP contribution < -0.4 is 4.90 Å². The molecule has 3 aliphatic heterocycles. The SMILES string of the molecule is CN1CC2(C1)CN(c1nc(Cl)nc3c1ncn3[C@@H]1O[C@H](CCP(=O)(O)CP(=O)(O)O)C(O)[C@@H]1O)C2. The third-order valence-corrected chi connectivity index (χ3v) is 11.1. The maximum absolute atomic E-state index is 12.1. The molecular formula is C18H27ClN6O8P2. The van der Waals surface area contributed by atoms with Crippen LogP contribution in [0, 0.1) is 5.41 Å². The Bertz CT molecular complexity index is 1230. The van der Waals surface area contributed by atoms with Crippen LogP contribution in [0.15, 0.2) is 6.33 Å². The largest absolute Gasteiger partial charge is 0.388 e. The van der Waals surface area contributed by atoms with Gasteiger partial charge in [-0.2, -0.15) is 9.97 Å². The normalized spacial score (nSPS) is 30.4. The Balaban J connectivity index is 1.33. The number of rotatable bonds is 7. The number of nitrogens with zero attached hydrogens (tertiary/aromatic N) is 6. The van der Waals surface area contributed by atoms with Crippen LogP contribution in [0.5, 0.6) is 0 Å². The lowest BCUT2D eigenvalue weighted by Gasteiger charge is -2.59. The van der Waals surface area contributed by atoms with Gasteiger partial charge in [0, 0.05) is 37.8 Å². The molecule has 5 N–H and O–H groups in total. The first-order valence-corrected chi connectivity index (χ1v) is 15.2. The van der Waals surface area contributed by atoms with Crippen molar-refractivity contribution in [3.05, 3.63) is 11.6 Å². The predicted octanol–water partition coefficient (Wildman–Crippen LogP) is -0.354. The van der Waals surface area contributed by atoms with E-state index in [1.807, 2.05) is 0 Å². The lowest BCUT2D eigenvalue weighted by molar-refractivity contribution is -0.0354. The minimum atomic E-state index is -4.69. The molecule has 14 nitrogen and oxygen atoms in total. The smallest absolute Gasteiger partial charge is 0.335 e. The van der Waals surface area contributed by atoms with Gasteiger partial charge in [-0.05, 0) is 25.1 Å². The number of fused-ring (bicyclic) bond motifs is 1. The molecule has 0 saturated carbocycles. The molecule has 2 aromatic rings. The zero-order valence-electron chi connectivity index (χ0n) is 18.8. The van der Waals surface area contributed by atoms with Crippen LogP contribution in [0.3, 0.4) is 0 Å². The number of ether oxygens (including phenoxy) is 1. The van der Waals surface area contributed by atoms with E-state index in [1.54, 1.807) is 0 Å². The molecule has 35 heavy (non-hydrogen) atoms. The van der Waals surface area contributed by atoms with Gasteiger partial charge in [0.2, 0.25) is 12.7 Å². The molecule has 17 heteroatoms. The summed E-state index contributed by atoms with van der Waals surface area (Å²) in [5, 5.41) is 21.1. The Morgan fingerprint density at radius 3 is 2.46 bits per heavy atom. The number of imidazole rings is 1. The lowest BCUT2D eigenvalue weighted by Crippen LogP contribution is -2.71. The number of halogens is 1. The van der Waals surface area contributed by atoms with Crippen molar-refractivity contribution >= 4 is 43.5 Å². The molecule has 5 heterocycles. The summed E-state index contributed by atoms with van der Waals surface area (Å²) in [7, 11) is -6.79. The van der Waals surface area contributed by atoms with Gasteiger partial charge in [-0.1, -0.05) is 0 Å². The van der Waals surface area contributed by atoms with Gasteiger partial charge < -0.3 is 39.4 Å². The number of aliphatic hydroxyl groups excluding tert-OH is 2. The van der Waals surface area contributed by atoms with Crippen molar-refractivity contribution in [3.8, 4) is 0 Å². The zero-order chi connectivity index (χ0) is 25.3. The Labute approximate surface area is 205 Å². The zero-order valence-corrected chi connectivity index (χ0v) is 21.3. The van der Waals surface area contributed by atoms with E-state index in [2.05, 4.69) is 31.8 Å². The summed E-state index contributed by atoms with van der Waals surface area (Å²) in [6.45, 7) is 3.64. The Kier molecular flexibility index (Phi) is 6.33. The third kappa shape index (κ3) is 4.89. The first-order valence-electron chi connectivity index (χ1n) is 11.0. The van der Waals surface area contributed by atoms with Crippen LogP contribution in [0.25, 0.3) is 11.2 Å². The van der Waals surface area contributed by atoms with Gasteiger partial charge in [-0.3, -0.25) is 13.7 Å². The van der Waals surface area contributed by atoms with Crippen LogP contribution in [-0.4, -0.2) is 113 Å². The molecule has 0 radical (unpaired) electrons. The van der Waals surface area contributed by atoms with Crippen LogP contribution in [0.2, 0.25) is 5.28 Å². The first-order chi connectivity index (χ1) is 16.3. The van der Waals surface area contributed by atoms with Crippen molar-refractivity contribution < 1.29 is 38.8 Å². The second-order valence-electron chi connectivity index (χ2n) is 9.88. The first kappa shape index (κ1) is 25.5. The highest BCUT2D eigenvalue weighted by atomic mass is 35.5. The number of hydrogen-bond acceptors (Lipinski definition) is 10. The molecule has 0 bridgehead atoms. The molecule has 2 unspecified atom stereocenters. The Morgan fingerprint density at radius 2 is 1.83 bits per heavy atom. The Morgan fingerprint density at radius 1 is 1.14 bits per heavy atom. The van der Waals surface area contributed by atoms with E-state index < -0.39 is 51.6 Å². The minimum absolute atomic E-state index is 0.0100. The molecule has 194 valence electrons. The lowest BCUT2D eigenvalue weighted by atomic mass is 9.73. The molecule has 0 amide bonds. The molecule has 0 aliphatic carbocycles.